The summed E-state index contributed by atoms with van der Waals surface area (Å²) in [4.78, 5) is 45.2. The molecule has 0 radical (unpaired) electrons. The van der Waals surface area contributed by atoms with Gasteiger partial charge in [0.1, 0.15) is 11.1 Å². The molecule has 1 aromatic carbocycles. The third-order valence-electron chi connectivity index (χ3n) is 5.94. The van der Waals surface area contributed by atoms with Crippen molar-refractivity contribution < 1.29 is 9.59 Å². The lowest BCUT2D eigenvalue weighted by Gasteiger charge is -2.44. The van der Waals surface area contributed by atoms with Crippen LogP contribution in [0.15, 0.2) is 47.3 Å². The third-order valence-corrected chi connectivity index (χ3v) is 5.94. The van der Waals surface area contributed by atoms with Crippen molar-refractivity contribution in [3.8, 4) is 0 Å². The second-order valence-corrected chi connectivity index (χ2v) is 7.79. The van der Waals surface area contributed by atoms with Crippen molar-refractivity contribution in [1.82, 2.24) is 14.8 Å². The van der Waals surface area contributed by atoms with Crippen molar-refractivity contribution in [1.29, 1.82) is 0 Å². The van der Waals surface area contributed by atoms with Gasteiger partial charge in [0.15, 0.2) is 0 Å². The van der Waals surface area contributed by atoms with Crippen molar-refractivity contribution in [3.63, 3.8) is 0 Å². The van der Waals surface area contributed by atoms with Crippen LogP contribution in [0.3, 0.4) is 0 Å². The van der Waals surface area contributed by atoms with Crippen LogP contribution in [0.5, 0.6) is 0 Å². The average Bonchev–Trinajstić information content (AvgIpc) is 3.10. The number of hydrogen-bond donors (Lipinski definition) is 1. The summed E-state index contributed by atoms with van der Waals surface area (Å²) < 4.78 is 0. The zero-order valence-corrected chi connectivity index (χ0v) is 16.1. The maximum absolute atomic E-state index is 13.5. The molecule has 1 atom stereocenters. The molecule has 4 rings (SSSR count). The molecule has 1 aromatic heterocycles. The van der Waals surface area contributed by atoms with E-state index in [4.69, 9.17) is 0 Å². The number of nitrogens with zero attached hydrogens (tertiary/aromatic N) is 2. The molecule has 6 heteroatoms. The smallest absolute Gasteiger partial charge is 0.260 e. The molecule has 0 aliphatic carbocycles. The Morgan fingerprint density at radius 1 is 1.04 bits per heavy atom. The van der Waals surface area contributed by atoms with E-state index in [1.54, 1.807) is 24.0 Å². The van der Waals surface area contributed by atoms with Gasteiger partial charge in [0.05, 0.1) is 0 Å². The average molecular weight is 379 g/mol. The number of carbonyl (C=O) groups is 2. The quantitative estimate of drug-likeness (QED) is 0.890. The van der Waals surface area contributed by atoms with Gasteiger partial charge < -0.3 is 14.8 Å². The van der Waals surface area contributed by atoms with E-state index in [0.29, 0.717) is 38.2 Å². The number of aromatic amines is 1. The number of rotatable bonds is 3. The Kier molecular flexibility index (Phi) is 4.79. The van der Waals surface area contributed by atoms with E-state index in [1.165, 1.54) is 0 Å². The predicted molar refractivity (Wildman–Crippen MR) is 106 cm³/mol. The summed E-state index contributed by atoms with van der Waals surface area (Å²) in [7, 11) is 0. The number of H-pyrrole nitrogens is 1. The van der Waals surface area contributed by atoms with Gasteiger partial charge in [-0.3, -0.25) is 14.4 Å². The summed E-state index contributed by atoms with van der Waals surface area (Å²) in [6.45, 7) is 3.54. The molecule has 0 bridgehead atoms. The summed E-state index contributed by atoms with van der Waals surface area (Å²) in [5.74, 6) is -0.328. The zero-order chi connectivity index (χ0) is 19.7. The Labute approximate surface area is 164 Å². The van der Waals surface area contributed by atoms with Gasteiger partial charge in [0.25, 0.3) is 11.5 Å². The molecular weight excluding hydrogens is 354 g/mol. The van der Waals surface area contributed by atoms with Crippen LogP contribution in [0, 0.1) is 6.92 Å². The van der Waals surface area contributed by atoms with Gasteiger partial charge in [0, 0.05) is 25.3 Å². The monoisotopic (exact) mass is 379 g/mol. The van der Waals surface area contributed by atoms with Crippen LogP contribution >= 0.6 is 0 Å². The lowest BCUT2D eigenvalue weighted by atomic mass is 9.84. The summed E-state index contributed by atoms with van der Waals surface area (Å²) in [5, 5.41) is 0. The maximum Gasteiger partial charge on any atom is 0.260 e. The molecule has 2 aliphatic heterocycles. The summed E-state index contributed by atoms with van der Waals surface area (Å²) in [6.07, 6.45) is 2.95. The molecule has 2 saturated heterocycles. The number of aryl methyl sites for hydroxylation is 1. The molecule has 28 heavy (non-hydrogen) atoms. The van der Waals surface area contributed by atoms with Gasteiger partial charge >= 0.3 is 0 Å². The lowest BCUT2D eigenvalue weighted by molar-refractivity contribution is -0.146. The molecule has 6 nitrogen and oxygen atoms in total. The maximum atomic E-state index is 13.5. The zero-order valence-electron chi connectivity index (χ0n) is 16.1. The first-order valence-electron chi connectivity index (χ1n) is 9.86. The van der Waals surface area contributed by atoms with Gasteiger partial charge in [-0.05, 0) is 50.3 Å². The normalized spacial score (nSPS) is 22.1. The molecule has 1 unspecified atom stereocenters. The SMILES string of the molecule is Cc1ccc(C(=O)N2CCCC23CCCN(Cc2ccccc2)C3=O)c(=O)[nH]1. The molecule has 2 amide bonds. The Balaban J connectivity index is 1.62. The highest BCUT2D eigenvalue weighted by atomic mass is 16.2. The first-order chi connectivity index (χ1) is 13.5. The minimum Gasteiger partial charge on any atom is -0.336 e. The number of benzene rings is 1. The summed E-state index contributed by atoms with van der Waals surface area (Å²) in [5.41, 5.74) is 0.692. The van der Waals surface area contributed by atoms with E-state index in [2.05, 4.69) is 4.98 Å². The van der Waals surface area contributed by atoms with E-state index in [0.717, 1.165) is 18.4 Å². The number of hydrogen-bond acceptors (Lipinski definition) is 3. The second-order valence-electron chi connectivity index (χ2n) is 7.79. The fourth-order valence-corrected chi connectivity index (χ4v) is 4.56. The minimum absolute atomic E-state index is 0.0111. The number of piperidine rings is 1. The van der Waals surface area contributed by atoms with Crippen molar-refractivity contribution in [2.75, 3.05) is 13.1 Å². The fraction of sp³-hybridized carbons (Fsp3) is 0.409. The van der Waals surface area contributed by atoms with Gasteiger partial charge in [-0.1, -0.05) is 30.3 Å². The van der Waals surface area contributed by atoms with E-state index in [9.17, 15) is 14.4 Å². The van der Waals surface area contributed by atoms with Crippen molar-refractivity contribution in [3.05, 3.63) is 69.6 Å². The van der Waals surface area contributed by atoms with Gasteiger partial charge in [-0.15, -0.1) is 0 Å². The molecule has 2 fully saturated rings. The van der Waals surface area contributed by atoms with Crippen molar-refractivity contribution >= 4 is 11.8 Å². The summed E-state index contributed by atoms with van der Waals surface area (Å²) in [6, 6.07) is 13.2. The first kappa shape index (κ1) is 18.5. The van der Waals surface area contributed by atoms with E-state index < -0.39 is 11.1 Å². The topological polar surface area (TPSA) is 73.5 Å². The number of nitrogens with one attached hydrogen (secondary N) is 1. The molecule has 1 N–H and O–H groups in total. The molecule has 2 aliphatic rings. The highest BCUT2D eigenvalue weighted by Crippen LogP contribution is 2.39. The van der Waals surface area contributed by atoms with Crippen molar-refractivity contribution in [2.24, 2.45) is 0 Å². The first-order valence-corrected chi connectivity index (χ1v) is 9.86. The molecule has 2 aromatic rings. The molecule has 0 saturated carbocycles. The van der Waals surface area contributed by atoms with Crippen LogP contribution in [-0.2, 0) is 11.3 Å². The van der Waals surface area contributed by atoms with Crippen LogP contribution in [-0.4, -0.2) is 45.2 Å². The highest BCUT2D eigenvalue weighted by molar-refractivity contribution is 5.99. The predicted octanol–water partition coefficient (Wildman–Crippen LogP) is 2.48. The van der Waals surface area contributed by atoms with E-state index in [1.807, 2.05) is 35.2 Å². The largest absolute Gasteiger partial charge is 0.336 e. The lowest BCUT2D eigenvalue weighted by Crippen LogP contribution is -2.61. The van der Waals surface area contributed by atoms with Gasteiger partial charge in [-0.25, -0.2) is 0 Å². The second kappa shape index (κ2) is 7.26. The third kappa shape index (κ3) is 3.13. The van der Waals surface area contributed by atoms with Crippen LogP contribution in [0.25, 0.3) is 0 Å². The Hall–Kier alpha value is -2.89. The van der Waals surface area contributed by atoms with Gasteiger partial charge in [0.2, 0.25) is 5.91 Å². The highest BCUT2D eigenvalue weighted by Gasteiger charge is 2.53. The number of carbonyl (C=O) groups excluding carboxylic acids is 2. The molecule has 146 valence electrons. The number of likely N-dealkylation sites (tertiary alicyclic amines) is 2. The molecule has 3 heterocycles. The van der Waals surface area contributed by atoms with Crippen LogP contribution < -0.4 is 5.56 Å². The number of aromatic nitrogens is 1. The van der Waals surface area contributed by atoms with Crippen LogP contribution in [0.1, 0.15) is 47.3 Å². The van der Waals surface area contributed by atoms with Crippen molar-refractivity contribution in [2.45, 2.75) is 44.7 Å². The standard InChI is InChI=1S/C22H25N3O3/c1-16-9-10-18(19(26)23-16)20(27)25-14-6-12-22(25)11-5-13-24(21(22)28)15-17-7-3-2-4-8-17/h2-4,7-10H,5-6,11-15H2,1H3,(H,23,26). The Morgan fingerprint density at radius 2 is 1.75 bits per heavy atom. The van der Waals surface area contributed by atoms with Crippen LogP contribution in [0.2, 0.25) is 0 Å². The fourth-order valence-electron chi connectivity index (χ4n) is 4.56. The Morgan fingerprint density at radius 3 is 2.46 bits per heavy atom. The molecular formula is C22H25N3O3. The van der Waals surface area contributed by atoms with E-state index in [-0.39, 0.29) is 17.4 Å². The summed E-state index contributed by atoms with van der Waals surface area (Å²) >= 11 is 0. The minimum atomic E-state index is -0.818. The van der Waals surface area contributed by atoms with Crippen LogP contribution in [0.4, 0.5) is 0 Å². The Bertz CT molecular complexity index is 953. The number of amides is 2. The van der Waals surface area contributed by atoms with Gasteiger partial charge in [-0.2, -0.15) is 0 Å². The number of pyridine rings is 1. The molecule has 1 spiro atoms. The van der Waals surface area contributed by atoms with E-state index >= 15 is 0 Å².